The lowest BCUT2D eigenvalue weighted by molar-refractivity contribution is -0.119. The van der Waals surface area contributed by atoms with Crippen LogP contribution in [0.4, 0.5) is 0 Å². The molecule has 4 nitrogen and oxygen atoms in total. The van der Waals surface area contributed by atoms with E-state index in [1.165, 1.54) is 5.56 Å². The lowest BCUT2D eigenvalue weighted by Gasteiger charge is -2.32. The molecule has 1 aliphatic heterocycles. The summed E-state index contributed by atoms with van der Waals surface area (Å²) in [6.07, 6.45) is 2.04. The van der Waals surface area contributed by atoms with Crippen molar-refractivity contribution >= 4 is 23.1 Å². The first-order chi connectivity index (χ1) is 9.54. The highest BCUT2D eigenvalue weighted by Gasteiger charge is 2.19. The molecule has 0 aliphatic carbocycles. The Morgan fingerprint density at radius 1 is 1.35 bits per heavy atom. The molecule has 0 unspecified atom stereocenters. The molecule has 0 aromatic heterocycles. The molecule has 2 rings (SSSR count). The number of piperidine rings is 1. The smallest absolute Gasteiger partial charge is 0.217 e. The van der Waals surface area contributed by atoms with Gasteiger partial charge in [0.15, 0.2) is 0 Å². The zero-order valence-corrected chi connectivity index (χ0v) is 12.6. The number of hydrogen-bond donors (Lipinski definition) is 2. The number of carbonyl (C=O) groups is 1. The summed E-state index contributed by atoms with van der Waals surface area (Å²) >= 11 is 4.95. The van der Waals surface area contributed by atoms with Crippen molar-refractivity contribution in [1.29, 1.82) is 0 Å². The van der Waals surface area contributed by atoms with E-state index in [-0.39, 0.29) is 5.91 Å². The van der Waals surface area contributed by atoms with Crippen molar-refractivity contribution in [2.45, 2.75) is 32.4 Å². The lowest BCUT2D eigenvalue weighted by atomic mass is 10.0. The molecule has 1 aromatic rings. The standard InChI is InChI=1S/C15H21N3OS/c1-11(19)17-14-6-8-18(9-7-14)10-12-2-4-13(5-3-12)15(16)20/h2-5,14H,6-10H2,1H3,(H2,16,20)(H,17,19). The van der Waals surface area contributed by atoms with Gasteiger partial charge in [-0.25, -0.2) is 0 Å². The van der Waals surface area contributed by atoms with Gasteiger partial charge in [0, 0.05) is 38.2 Å². The summed E-state index contributed by atoms with van der Waals surface area (Å²) in [6.45, 7) is 4.55. The van der Waals surface area contributed by atoms with E-state index in [4.69, 9.17) is 18.0 Å². The zero-order chi connectivity index (χ0) is 14.5. The summed E-state index contributed by atoms with van der Waals surface area (Å²) < 4.78 is 0. The lowest BCUT2D eigenvalue weighted by Crippen LogP contribution is -2.43. The number of amides is 1. The highest BCUT2D eigenvalue weighted by atomic mass is 32.1. The molecule has 1 amide bonds. The Bertz CT molecular complexity index is 478. The molecule has 1 aromatic carbocycles. The Kier molecular flexibility index (Phi) is 5.09. The normalized spacial score (nSPS) is 16.9. The average molecular weight is 291 g/mol. The molecule has 0 bridgehead atoms. The molecule has 1 heterocycles. The van der Waals surface area contributed by atoms with Crippen molar-refractivity contribution in [3.63, 3.8) is 0 Å². The third kappa shape index (κ3) is 4.28. The van der Waals surface area contributed by atoms with Gasteiger partial charge in [0.1, 0.15) is 4.99 Å². The number of benzene rings is 1. The molecule has 5 heteroatoms. The summed E-state index contributed by atoms with van der Waals surface area (Å²) in [6, 6.07) is 8.44. The fourth-order valence-corrected chi connectivity index (χ4v) is 2.69. The van der Waals surface area contributed by atoms with E-state index < -0.39 is 0 Å². The van der Waals surface area contributed by atoms with E-state index in [1.807, 2.05) is 12.1 Å². The summed E-state index contributed by atoms with van der Waals surface area (Å²) in [5, 5.41) is 2.99. The fourth-order valence-electron chi connectivity index (χ4n) is 2.56. The third-order valence-electron chi connectivity index (χ3n) is 3.64. The van der Waals surface area contributed by atoms with Gasteiger partial charge in [0.2, 0.25) is 5.91 Å². The van der Waals surface area contributed by atoms with E-state index in [1.54, 1.807) is 6.92 Å². The summed E-state index contributed by atoms with van der Waals surface area (Å²) in [5.41, 5.74) is 7.77. The van der Waals surface area contributed by atoms with Crippen molar-refractivity contribution in [2.75, 3.05) is 13.1 Å². The van der Waals surface area contributed by atoms with Gasteiger partial charge in [0.25, 0.3) is 0 Å². The largest absolute Gasteiger partial charge is 0.389 e. The quantitative estimate of drug-likeness (QED) is 0.824. The summed E-state index contributed by atoms with van der Waals surface area (Å²) in [7, 11) is 0. The number of likely N-dealkylation sites (tertiary alicyclic amines) is 1. The highest BCUT2D eigenvalue weighted by molar-refractivity contribution is 7.80. The maximum Gasteiger partial charge on any atom is 0.217 e. The van der Waals surface area contributed by atoms with E-state index in [9.17, 15) is 4.79 Å². The molecule has 1 fully saturated rings. The third-order valence-corrected chi connectivity index (χ3v) is 3.88. The second-order valence-corrected chi connectivity index (χ2v) is 5.75. The van der Waals surface area contributed by atoms with Gasteiger partial charge >= 0.3 is 0 Å². The van der Waals surface area contributed by atoms with Crippen molar-refractivity contribution in [2.24, 2.45) is 5.73 Å². The molecule has 3 N–H and O–H groups in total. The van der Waals surface area contributed by atoms with Crippen LogP contribution >= 0.6 is 12.2 Å². The first-order valence-corrected chi connectivity index (χ1v) is 7.33. The zero-order valence-electron chi connectivity index (χ0n) is 11.8. The number of nitrogens with one attached hydrogen (secondary N) is 1. The summed E-state index contributed by atoms with van der Waals surface area (Å²) in [4.78, 5) is 13.9. The molecule has 1 aliphatic rings. The van der Waals surface area contributed by atoms with Crippen LogP contribution in [0.1, 0.15) is 30.9 Å². The number of carbonyl (C=O) groups excluding carboxylic acids is 1. The highest BCUT2D eigenvalue weighted by Crippen LogP contribution is 2.14. The van der Waals surface area contributed by atoms with Crippen LogP contribution in [0, 0.1) is 0 Å². The monoisotopic (exact) mass is 291 g/mol. The minimum atomic E-state index is 0.0665. The molecule has 108 valence electrons. The van der Waals surface area contributed by atoms with Crippen LogP contribution in [-0.4, -0.2) is 34.9 Å². The molecule has 0 saturated carbocycles. The molecule has 1 saturated heterocycles. The van der Waals surface area contributed by atoms with Gasteiger partial charge in [-0.05, 0) is 18.4 Å². The van der Waals surface area contributed by atoms with E-state index in [0.29, 0.717) is 11.0 Å². The van der Waals surface area contributed by atoms with Crippen LogP contribution in [-0.2, 0) is 11.3 Å². The molecular weight excluding hydrogens is 270 g/mol. The number of nitrogens with zero attached hydrogens (tertiary/aromatic N) is 1. The molecular formula is C15H21N3OS. The first kappa shape index (κ1) is 14.9. The Hall–Kier alpha value is -1.46. The van der Waals surface area contributed by atoms with Gasteiger partial charge in [-0.1, -0.05) is 36.5 Å². The maximum atomic E-state index is 11.0. The van der Waals surface area contributed by atoms with Crippen molar-refractivity contribution < 1.29 is 4.79 Å². The van der Waals surface area contributed by atoms with Crippen molar-refractivity contribution in [3.05, 3.63) is 35.4 Å². The second kappa shape index (κ2) is 6.81. The van der Waals surface area contributed by atoms with Crippen LogP contribution in [0.3, 0.4) is 0 Å². The number of rotatable bonds is 4. The first-order valence-electron chi connectivity index (χ1n) is 6.93. The Morgan fingerprint density at radius 2 is 1.95 bits per heavy atom. The number of thiocarbonyl (C=S) groups is 1. The van der Waals surface area contributed by atoms with E-state index in [2.05, 4.69) is 22.3 Å². The minimum Gasteiger partial charge on any atom is -0.389 e. The number of hydrogen-bond acceptors (Lipinski definition) is 3. The fraction of sp³-hybridized carbons (Fsp3) is 0.467. The van der Waals surface area contributed by atoms with Crippen molar-refractivity contribution in [1.82, 2.24) is 10.2 Å². The maximum absolute atomic E-state index is 11.0. The SMILES string of the molecule is CC(=O)NC1CCN(Cc2ccc(C(N)=S)cc2)CC1. The topological polar surface area (TPSA) is 58.4 Å². The van der Waals surface area contributed by atoms with Crippen LogP contribution in [0.2, 0.25) is 0 Å². The van der Waals surface area contributed by atoms with Crippen LogP contribution in [0.25, 0.3) is 0 Å². The average Bonchev–Trinajstić information content (AvgIpc) is 2.41. The van der Waals surface area contributed by atoms with Gasteiger partial charge in [-0.2, -0.15) is 0 Å². The van der Waals surface area contributed by atoms with Crippen molar-refractivity contribution in [3.8, 4) is 0 Å². The van der Waals surface area contributed by atoms with Gasteiger partial charge in [-0.3, -0.25) is 9.69 Å². The van der Waals surface area contributed by atoms with Gasteiger partial charge in [0.05, 0.1) is 0 Å². The number of nitrogens with two attached hydrogens (primary N) is 1. The Morgan fingerprint density at radius 3 is 2.45 bits per heavy atom. The van der Waals surface area contributed by atoms with Gasteiger partial charge in [-0.15, -0.1) is 0 Å². The summed E-state index contributed by atoms with van der Waals surface area (Å²) in [5.74, 6) is 0.0665. The molecule has 20 heavy (non-hydrogen) atoms. The second-order valence-electron chi connectivity index (χ2n) is 5.31. The predicted molar refractivity (Wildman–Crippen MR) is 84.4 cm³/mol. The van der Waals surface area contributed by atoms with Crippen LogP contribution in [0.5, 0.6) is 0 Å². The van der Waals surface area contributed by atoms with Crippen LogP contribution < -0.4 is 11.1 Å². The Balaban J connectivity index is 1.83. The molecule has 0 spiro atoms. The van der Waals surface area contributed by atoms with E-state index in [0.717, 1.165) is 38.0 Å². The molecule has 0 atom stereocenters. The van der Waals surface area contributed by atoms with E-state index >= 15 is 0 Å². The Labute approximate surface area is 125 Å². The van der Waals surface area contributed by atoms with Crippen LogP contribution in [0.15, 0.2) is 24.3 Å². The predicted octanol–water partition coefficient (Wildman–Crippen LogP) is 1.42. The van der Waals surface area contributed by atoms with Gasteiger partial charge < -0.3 is 11.1 Å². The minimum absolute atomic E-state index is 0.0665. The molecule has 0 radical (unpaired) electrons.